The van der Waals surface area contributed by atoms with E-state index in [0.717, 1.165) is 39.9 Å². The predicted molar refractivity (Wildman–Crippen MR) is 114 cm³/mol. The van der Waals surface area contributed by atoms with Gasteiger partial charge < -0.3 is 20.1 Å². The molecule has 4 aromatic carbocycles. The molecular formula is C25H16N2O2. The number of hydrogen-bond acceptors (Lipinski definition) is 4. The average Bonchev–Trinajstić information content (AvgIpc) is 2.74. The van der Waals surface area contributed by atoms with Crippen molar-refractivity contribution in [1.82, 2.24) is 0 Å². The molecule has 0 radical (unpaired) electrons. The van der Waals surface area contributed by atoms with Gasteiger partial charge >= 0.3 is 0 Å². The van der Waals surface area contributed by atoms with Crippen molar-refractivity contribution >= 4 is 28.4 Å². The van der Waals surface area contributed by atoms with E-state index < -0.39 is 0 Å². The lowest BCUT2D eigenvalue weighted by molar-refractivity contribution is 0.452. The van der Waals surface area contributed by atoms with Crippen LogP contribution in [0.5, 0.6) is 17.2 Å². The topological polar surface area (TPSA) is 44.7 Å². The first-order chi connectivity index (χ1) is 14.3. The molecule has 7 rings (SSSR count). The second kappa shape index (κ2) is 5.11. The minimum absolute atomic E-state index is 0.127. The van der Waals surface area contributed by atoms with Gasteiger partial charge in [0.15, 0.2) is 0 Å². The second-order valence-electron chi connectivity index (χ2n) is 7.66. The van der Waals surface area contributed by atoms with Crippen molar-refractivity contribution in [2.75, 3.05) is 10.2 Å². The highest BCUT2D eigenvalue weighted by atomic mass is 16.5. The van der Waals surface area contributed by atoms with Gasteiger partial charge in [0.05, 0.1) is 11.4 Å². The molecule has 0 bridgehead atoms. The van der Waals surface area contributed by atoms with Crippen molar-refractivity contribution in [3.05, 3.63) is 95.6 Å². The van der Waals surface area contributed by atoms with E-state index in [1.165, 1.54) is 16.7 Å². The Morgan fingerprint density at radius 2 is 1.38 bits per heavy atom. The molecule has 0 amide bonds. The third-order valence-electron chi connectivity index (χ3n) is 6.12. The van der Waals surface area contributed by atoms with E-state index in [-0.39, 0.29) is 11.7 Å². The van der Waals surface area contributed by atoms with Crippen molar-refractivity contribution in [2.45, 2.75) is 5.92 Å². The molecule has 0 fully saturated rings. The number of nitrogens with zero attached hydrogens (tertiary/aromatic N) is 1. The van der Waals surface area contributed by atoms with Crippen molar-refractivity contribution < 1.29 is 9.84 Å². The fourth-order valence-corrected chi connectivity index (χ4v) is 5.04. The Hall–Kier alpha value is -3.92. The molecule has 3 heterocycles. The maximum atomic E-state index is 10.1. The molecular weight excluding hydrogens is 360 g/mol. The largest absolute Gasteiger partial charge is 0.508 e. The molecule has 4 nitrogen and oxygen atoms in total. The zero-order chi connectivity index (χ0) is 19.1. The summed E-state index contributed by atoms with van der Waals surface area (Å²) in [6, 6.07) is 26.2. The summed E-state index contributed by atoms with van der Waals surface area (Å²) >= 11 is 0. The van der Waals surface area contributed by atoms with Crippen LogP contribution in [0.4, 0.5) is 28.4 Å². The molecule has 3 aliphatic rings. The van der Waals surface area contributed by atoms with E-state index >= 15 is 0 Å². The van der Waals surface area contributed by atoms with Crippen molar-refractivity contribution in [3.63, 3.8) is 0 Å². The molecule has 2 N–H and O–H groups in total. The highest BCUT2D eigenvalue weighted by molar-refractivity contribution is 5.95. The first-order valence-electron chi connectivity index (χ1n) is 9.72. The Labute approximate surface area is 167 Å². The van der Waals surface area contributed by atoms with Crippen LogP contribution in [0.3, 0.4) is 0 Å². The quantitative estimate of drug-likeness (QED) is 0.342. The number of aromatic hydroxyl groups is 1. The second-order valence-corrected chi connectivity index (χ2v) is 7.66. The van der Waals surface area contributed by atoms with Gasteiger partial charge in [-0.15, -0.1) is 0 Å². The van der Waals surface area contributed by atoms with E-state index in [0.29, 0.717) is 0 Å². The van der Waals surface area contributed by atoms with Crippen LogP contribution in [0.2, 0.25) is 0 Å². The Bertz CT molecular complexity index is 1270. The number of rotatable bonds is 1. The third kappa shape index (κ3) is 1.83. The standard InChI is InChI=1S/C25H16N2O2/c28-15-6-1-5-14(13-15)27-18-9-2-7-16-22(18)25-23-17(26-16)8-3-11-20(23)29-21-12-4-10-19(27)24(21)25/h1-13,25-26,28H. The number of nitrogens with one attached hydrogen (secondary N) is 1. The van der Waals surface area contributed by atoms with Gasteiger partial charge in [0.1, 0.15) is 17.2 Å². The van der Waals surface area contributed by atoms with E-state index in [4.69, 9.17) is 4.74 Å². The van der Waals surface area contributed by atoms with Gasteiger partial charge in [-0.2, -0.15) is 0 Å². The fraction of sp³-hybridized carbons (Fsp3) is 0.0400. The molecule has 1 atom stereocenters. The molecule has 29 heavy (non-hydrogen) atoms. The Balaban J connectivity index is 1.61. The number of phenols is 1. The molecule has 0 aliphatic carbocycles. The van der Waals surface area contributed by atoms with Crippen molar-refractivity contribution in [3.8, 4) is 17.2 Å². The fourth-order valence-electron chi connectivity index (χ4n) is 5.04. The number of phenolic OH excluding ortho intramolecular Hbond substituents is 1. The van der Waals surface area contributed by atoms with Gasteiger partial charge in [-0.3, -0.25) is 0 Å². The number of benzene rings is 4. The van der Waals surface area contributed by atoms with Gasteiger partial charge in [0.2, 0.25) is 0 Å². The smallest absolute Gasteiger partial charge is 0.133 e. The summed E-state index contributed by atoms with van der Waals surface area (Å²) in [6.45, 7) is 0. The molecule has 0 aromatic heterocycles. The molecule has 1 unspecified atom stereocenters. The Kier molecular flexibility index (Phi) is 2.66. The summed E-state index contributed by atoms with van der Waals surface area (Å²) in [5.41, 5.74) is 8.98. The maximum absolute atomic E-state index is 10.1. The lowest BCUT2D eigenvalue weighted by atomic mass is 9.75. The minimum atomic E-state index is 0.127. The van der Waals surface area contributed by atoms with Crippen molar-refractivity contribution in [1.29, 1.82) is 0 Å². The Morgan fingerprint density at radius 3 is 2.21 bits per heavy atom. The summed E-state index contributed by atoms with van der Waals surface area (Å²) < 4.78 is 6.34. The van der Waals surface area contributed by atoms with Crippen molar-refractivity contribution in [2.24, 2.45) is 0 Å². The minimum Gasteiger partial charge on any atom is -0.508 e. The highest BCUT2D eigenvalue weighted by Gasteiger charge is 2.43. The van der Waals surface area contributed by atoms with Crippen LogP contribution < -0.4 is 15.0 Å². The summed E-state index contributed by atoms with van der Waals surface area (Å²) in [4.78, 5) is 2.22. The molecule has 0 spiro atoms. The van der Waals surface area contributed by atoms with Gasteiger partial charge in [0.25, 0.3) is 0 Å². The van der Waals surface area contributed by atoms with Gasteiger partial charge in [0, 0.05) is 45.7 Å². The summed E-state index contributed by atoms with van der Waals surface area (Å²) in [5.74, 6) is 2.18. The number of hydrogen-bond donors (Lipinski definition) is 2. The third-order valence-corrected chi connectivity index (χ3v) is 6.12. The zero-order valence-corrected chi connectivity index (χ0v) is 15.4. The van der Waals surface area contributed by atoms with Gasteiger partial charge in [-0.1, -0.05) is 24.3 Å². The van der Waals surface area contributed by atoms with E-state index in [2.05, 4.69) is 40.5 Å². The summed E-state index contributed by atoms with van der Waals surface area (Å²) in [7, 11) is 0. The first-order valence-corrected chi connectivity index (χ1v) is 9.72. The van der Waals surface area contributed by atoms with Gasteiger partial charge in [-0.05, 0) is 48.5 Å². The lowest BCUT2D eigenvalue weighted by Crippen LogP contribution is -2.28. The first kappa shape index (κ1) is 15.1. The highest BCUT2D eigenvalue weighted by Crippen LogP contribution is 2.63. The normalized spacial score (nSPS) is 16.6. The van der Waals surface area contributed by atoms with Crippen LogP contribution in [0.1, 0.15) is 22.6 Å². The van der Waals surface area contributed by atoms with Crippen LogP contribution in [0.15, 0.2) is 78.9 Å². The Morgan fingerprint density at radius 1 is 0.724 bits per heavy atom. The lowest BCUT2D eigenvalue weighted by Gasteiger charge is -2.44. The zero-order valence-electron chi connectivity index (χ0n) is 15.4. The summed E-state index contributed by atoms with van der Waals surface area (Å²) in [6.07, 6.45) is 0. The predicted octanol–water partition coefficient (Wildman–Crippen LogP) is 6.52. The molecule has 138 valence electrons. The molecule has 3 aliphatic heterocycles. The molecule has 0 saturated carbocycles. The van der Waals surface area contributed by atoms with Crippen LogP contribution in [0.25, 0.3) is 0 Å². The molecule has 4 heteroatoms. The van der Waals surface area contributed by atoms with Crippen LogP contribution >= 0.6 is 0 Å². The van der Waals surface area contributed by atoms with E-state index in [9.17, 15) is 5.11 Å². The SMILES string of the molecule is Oc1cccc(N2c3cccc4c3C3c5c(cccc5Oc5cccc2c53)N4)c1. The molecule has 0 saturated heterocycles. The summed E-state index contributed by atoms with van der Waals surface area (Å²) in [5, 5.41) is 13.7. The van der Waals surface area contributed by atoms with Crippen LogP contribution in [0, 0.1) is 0 Å². The van der Waals surface area contributed by atoms with Gasteiger partial charge in [-0.25, -0.2) is 0 Å². The number of anilines is 5. The maximum Gasteiger partial charge on any atom is 0.133 e. The van der Waals surface area contributed by atoms with E-state index in [1.54, 1.807) is 12.1 Å². The number of ether oxygens (including phenoxy) is 1. The van der Waals surface area contributed by atoms with Crippen LogP contribution in [-0.4, -0.2) is 5.11 Å². The molecule has 4 aromatic rings. The average molecular weight is 376 g/mol. The van der Waals surface area contributed by atoms with E-state index in [1.807, 2.05) is 36.4 Å². The van der Waals surface area contributed by atoms with Crippen LogP contribution in [-0.2, 0) is 0 Å². The monoisotopic (exact) mass is 376 g/mol.